The van der Waals surface area contributed by atoms with Crippen LogP contribution in [0.25, 0.3) is 21.7 Å². The summed E-state index contributed by atoms with van der Waals surface area (Å²) >= 11 is 3.19. The van der Waals surface area contributed by atoms with Gasteiger partial charge in [-0.15, -0.1) is 0 Å². The van der Waals surface area contributed by atoms with E-state index in [4.69, 9.17) is 4.42 Å². The van der Waals surface area contributed by atoms with E-state index in [1.165, 1.54) is 12.1 Å². The number of amides is 1. The largest absolute Gasteiger partial charge is 0.450 e. The van der Waals surface area contributed by atoms with Crippen LogP contribution in [-0.4, -0.2) is 5.91 Å². The molecule has 0 aliphatic heterocycles. The van der Waals surface area contributed by atoms with Gasteiger partial charge in [0.05, 0.1) is 5.69 Å². The molecule has 1 aromatic heterocycles. The van der Waals surface area contributed by atoms with E-state index in [9.17, 15) is 9.18 Å². The number of rotatable bonds is 2. The first-order valence-corrected chi connectivity index (χ1v) is 8.51. The summed E-state index contributed by atoms with van der Waals surface area (Å²) in [5.41, 5.74) is 1.51. The highest BCUT2D eigenvalue weighted by molar-refractivity contribution is 9.10. The Kier molecular flexibility index (Phi) is 3.81. The Bertz CT molecular complexity index is 1130. The Morgan fingerprint density at radius 3 is 2.68 bits per heavy atom. The van der Waals surface area contributed by atoms with E-state index in [1.54, 1.807) is 6.07 Å². The second kappa shape index (κ2) is 6.01. The summed E-state index contributed by atoms with van der Waals surface area (Å²) in [6.07, 6.45) is 0. The molecule has 3 aromatic carbocycles. The van der Waals surface area contributed by atoms with Gasteiger partial charge >= 0.3 is 0 Å². The molecule has 0 fully saturated rings. The zero-order chi connectivity index (χ0) is 17.6. The first-order valence-electron chi connectivity index (χ1n) is 7.72. The zero-order valence-electron chi connectivity index (χ0n) is 13.3. The Morgan fingerprint density at radius 1 is 1.08 bits per heavy atom. The summed E-state index contributed by atoms with van der Waals surface area (Å²) in [5, 5.41) is 5.43. The average molecular weight is 398 g/mol. The first-order chi connectivity index (χ1) is 12.0. The Labute approximate surface area is 151 Å². The van der Waals surface area contributed by atoms with Gasteiger partial charge in [0, 0.05) is 20.8 Å². The molecule has 0 saturated heterocycles. The van der Waals surface area contributed by atoms with E-state index >= 15 is 0 Å². The van der Waals surface area contributed by atoms with Crippen molar-refractivity contribution in [3.8, 4) is 0 Å². The summed E-state index contributed by atoms with van der Waals surface area (Å²) in [6.45, 7) is 1.83. The Hall–Kier alpha value is -2.66. The van der Waals surface area contributed by atoms with Crippen LogP contribution in [0, 0.1) is 12.7 Å². The van der Waals surface area contributed by atoms with Crippen molar-refractivity contribution in [3.05, 3.63) is 76.2 Å². The molecule has 124 valence electrons. The minimum Gasteiger partial charge on any atom is -0.450 e. The van der Waals surface area contributed by atoms with Gasteiger partial charge < -0.3 is 9.73 Å². The topological polar surface area (TPSA) is 42.2 Å². The van der Waals surface area contributed by atoms with Crippen molar-refractivity contribution in [2.45, 2.75) is 6.92 Å². The molecule has 5 heteroatoms. The van der Waals surface area contributed by atoms with Gasteiger partial charge in [-0.3, -0.25) is 4.79 Å². The van der Waals surface area contributed by atoms with Gasteiger partial charge in [0.1, 0.15) is 11.4 Å². The van der Waals surface area contributed by atoms with Gasteiger partial charge in [-0.1, -0.05) is 52.3 Å². The zero-order valence-corrected chi connectivity index (χ0v) is 14.9. The second-order valence-electron chi connectivity index (χ2n) is 5.80. The molecule has 0 unspecified atom stereocenters. The third kappa shape index (κ3) is 2.70. The molecule has 3 nitrogen and oxygen atoms in total. The standard InChI is InChI=1S/C20H13BrFNO2/c1-11-14-8-6-12-4-2-3-5-15(12)19(14)25-18(11)20(24)23-17-9-7-13(21)10-16(17)22/h2-10H,1H3,(H,23,24). The van der Waals surface area contributed by atoms with Crippen LogP contribution in [0.15, 0.2) is 63.5 Å². The molecule has 1 N–H and O–H groups in total. The minimum absolute atomic E-state index is 0.109. The van der Waals surface area contributed by atoms with Gasteiger partial charge in [0.25, 0.3) is 5.91 Å². The quantitative estimate of drug-likeness (QED) is 0.447. The Morgan fingerprint density at radius 2 is 1.88 bits per heavy atom. The molecule has 0 atom stereocenters. The number of halogens is 2. The van der Waals surface area contributed by atoms with Gasteiger partial charge in [-0.05, 0) is 30.5 Å². The molecule has 25 heavy (non-hydrogen) atoms. The molecule has 1 amide bonds. The lowest BCUT2D eigenvalue weighted by atomic mass is 10.1. The van der Waals surface area contributed by atoms with Crippen molar-refractivity contribution in [2.24, 2.45) is 0 Å². The minimum atomic E-state index is -0.512. The number of carbonyl (C=O) groups excluding carboxylic acids is 1. The maximum Gasteiger partial charge on any atom is 0.291 e. The van der Waals surface area contributed by atoms with Crippen molar-refractivity contribution >= 4 is 49.3 Å². The third-order valence-corrected chi connectivity index (χ3v) is 4.71. The van der Waals surface area contributed by atoms with Crippen molar-refractivity contribution in [2.75, 3.05) is 5.32 Å². The van der Waals surface area contributed by atoms with Crippen LogP contribution in [-0.2, 0) is 0 Å². The van der Waals surface area contributed by atoms with Gasteiger partial charge in [0.2, 0.25) is 0 Å². The predicted molar refractivity (Wildman–Crippen MR) is 101 cm³/mol. The normalized spacial score (nSPS) is 11.2. The summed E-state index contributed by atoms with van der Waals surface area (Å²) in [4.78, 5) is 12.6. The van der Waals surface area contributed by atoms with Crippen LogP contribution in [0.1, 0.15) is 16.1 Å². The molecular weight excluding hydrogens is 385 g/mol. The second-order valence-corrected chi connectivity index (χ2v) is 6.71. The lowest BCUT2D eigenvalue weighted by Gasteiger charge is -2.05. The van der Waals surface area contributed by atoms with E-state index in [0.29, 0.717) is 10.1 Å². The molecular formula is C20H13BrFNO2. The maximum atomic E-state index is 14.0. The summed E-state index contributed by atoms with van der Waals surface area (Å²) < 4.78 is 20.4. The monoisotopic (exact) mass is 397 g/mol. The number of aryl methyl sites for hydroxylation is 1. The lowest BCUT2D eigenvalue weighted by molar-refractivity contribution is 0.0997. The fourth-order valence-corrected chi connectivity index (χ4v) is 3.27. The van der Waals surface area contributed by atoms with E-state index in [-0.39, 0.29) is 11.4 Å². The van der Waals surface area contributed by atoms with Gasteiger partial charge in [-0.2, -0.15) is 0 Å². The molecule has 0 aliphatic carbocycles. The van der Waals surface area contributed by atoms with Crippen molar-refractivity contribution in [3.63, 3.8) is 0 Å². The summed E-state index contributed by atoms with van der Waals surface area (Å²) in [5.74, 6) is -0.797. The molecule has 0 saturated carbocycles. The van der Waals surface area contributed by atoms with Crippen LogP contribution < -0.4 is 5.32 Å². The smallest absolute Gasteiger partial charge is 0.291 e. The fourth-order valence-electron chi connectivity index (χ4n) is 2.94. The van der Waals surface area contributed by atoms with Crippen LogP contribution in [0.5, 0.6) is 0 Å². The first kappa shape index (κ1) is 15.8. The van der Waals surface area contributed by atoms with E-state index in [2.05, 4.69) is 21.2 Å². The molecule has 0 spiro atoms. The molecule has 4 rings (SSSR count). The van der Waals surface area contributed by atoms with Crippen molar-refractivity contribution < 1.29 is 13.6 Å². The highest BCUT2D eigenvalue weighted by Crippen LogP contribution is 2.32. The van der Waals surface area contributed by atoms with Crippen LogP contribution in [0.2, 0.25) is 0 Å². The molecule has 0 aliphatic rings. The number of anilines is 1. The SMILES string of the molecule is Cc1c(C(=O)Nc2ccc(Br)cc2F)oc2c1ccc1ccccc12. The van der Waals surface area contributed by atoms with Crippen molar-refractivity contribution in [1.29, 1.82) is 0 Å². The molecule has 0 radical (unpaired) electrons. The number of hydrogen-bond acceptors (Lipinski definition) is 2. The summed E-state index contributed by atoms with van der Waals surface area (Å²) in [7, 11) is 0. The highest BCUT2D eigenvalue weighted by atomic mass is 79.9. The maximum absolute atomic E-state index is 14.0. The lowest BCUT2D eigenvalue weighted by Crippen LogP contribution is -2.13. The van der Waals surface area contributed by atoms with Gasteiger partial charge in [-0.25, -0.2) is 4.39 Å². The number of carbonyl (C=O) groups is 1. The van der Waals surface area contributed by atoms with E-state index in [1.807, 2.05) is 43.3 Å². The Balaban J connectivity index is 1.79. The van der Waals surface area contributed by atoms with Crippen LogP contribution in [0.3, 0.4) is 0 Å². The number of nitrogens with one attached hydrogen (secondary N) is 1. The number of fused-ring (bicyclic) bond motifs is 3. The van der Waals surface area contributed by atoms with Crippen LogP contribution in [0.4, 0.5) is 10.1 Å². The number of hydrogen-bond donors (Lipinski definition) is 1. The highest BCUT2D eigenvalue weighted by Gasteiger charge is 2.20. The molecule has 1 heterocycles. The average Bonchev–Trinajstić information content (AvgIpc) is 2.95. The molecule has 0 bridgehead atoms. The van der Waals surface area contributed by atoms with Crippen LogP contribution >= 0.6 is 15.9 Å². The summed E-state index contributed by atoms with van der Waals surface area (Å²) in [6, 6.07) is 16.2. The molecule has 4 aromatic rings. The number of benzene rings is 3. The number of furan rings is 1. The third-order valence-electron chi connectivity index (χ3n) is 4.21. The van der Waals surface area contributed by atoms with Gasteiger partial charge in [0.15, 0.2) is 5.76 Å². The van der Waals surface area contributed by atoms with E-state index in [0.717, 1.165) is 21.7 Å². The van der Waals surface area contributed by atoms with Crippen molar-refractivity contribution in [1.82, 2.24) is 0 Å². The van der Waals surface area contributed by atoms with E-state index < -0.39 is 11.7 Å². The fraction of sp³-hybridized carbons (Fsp3) is 0.0500. The predicted octanol–water partition coefficient (Wildman–Crippen LogP) is 6.05.